The largest absolute Gasteiger partial charge is 0.375 e. The number of nitrogens with zero attached hydrogens (tertiary/aromatic N) is 2. The number of hydrogen-bond donors (Lipinski definition) is 1. The summed E-state index contributed by atoms with van der Waals surface area (Å²) in [5.74, 6) is 0. The maximum absolute atomic E-state index is 11.8. The standard InChI is InChI=1S/C13H11N3OS/c1-2-7-3-4-10-8(5-7)11-9(6-15-10)12(17)16-13(14)18-11/h3-6H,2H2,1H3,(H2,14,16,17). The van der Waals surface area contributed by atoms with Crippen molar-refractivity contribution in [2.45, 2.75) is 13.3 Å². The highest BCUT2D eigenvalue weighted by atomic mass is 32.1. The third-order valence-electron chi connectivity index (χ3n) is 2.94. The summed E-state index contributed by atoms with van der Waals surface area (Å²) < 4.78 is 0.868. The minimum Gasteiger partial charge on any atom is -0.375 e. The Labute approximate surface area is 107 Å². The Kier molecular flexibility index (Phi) is 2.48. The average molecular weight is 257 g/mol. The van der Waals surface area contributed by atoms with Gasteiger partial charge in [0, 0.05) is 11.6 Å². The van der Waals surface area contributed by atoms with Gasteiger partial charge in [-0.3, -0.25) is 9.78 Å². The van der Waals surface area contributed by atoms with E-state index >= 15 is 0 Å². The molecule has 2 N–H and O–H groups in total. The van der Waals surface area contributed by atoms with Crippen LogP contribution < -0.4 is 11.3 Å². The Bertz CT molecular complexity index is 810. The molecule has 90 valence electrons. The van der Waals surface area contributed by atoms with Crippen molar-refractivity contribution in [2.24, 2.45) is 0 Å². The van der Waals surface area contributed by atoms with E-state index in [0.717, 1.165) is 22.0 Å². The molecule has 0 saturated heterocycles. The smallest absolute Gasteiger partial charge is 0.282 e. The van der Waals surface area contributed by atoms with Crippen molar-refractivity contribution < 1.29 is 0 Å². The lowest BCUT2D eigenvalue weighted by atomic mass is 10.1. The molecule has 0 aliphatic heterocycles. The molecule has 3 rings (SSSR count). The van der Waals surface area contributed by atoms with Gasteiger partial charge < -0.3 is 5.73 Å². The summed E-state index contributed by atoms with van der Waals surface area (Å²) >= 11 is 1.33. The zero-order chi connectivity index (χ0) is 12.7. The highest BCUT2D eigenvalue weighted by Crippen LogP contribution is 2.27. The van der Waals surface area contributed by atoms with Crippen molar-refractivity contribution in [3.63, 3.8) is 0 Å². The van der Waals surface area contributed by atoms with Crippen molar-refractivity contribution in [1.82, 2.24) is 9.97 Å². The predicted octanol–water partition coefficient (Wildman–Crippen LogP) is 2.35. The van der Waals surface area contributed by atoms with E-state index in [2.05, 4.69) is 29.0 Å². The van der Waals surface area contributed by atoms with E-state index in [9.17, 15) is 4.79 Å². The second-order valence-corrected chi connectivity index (χ2v) is 5.09. The SMILES string of the molecule is CCc1ccc2ncc3c(=O)nc(N)sc3c2c1. The van der Waals surface area contributed by atoms with Crippen LogP contribution in [0.25, 0.3) is 21.0 Å². The van der Waals surface area contributed by atoms with Gasteiger partial charge in [-0.1, -0.05) is 24.3 Å². The van der Waals surface area contributed by atoms with Crippen LogP contribution >= 0.6 is 11.3 Å². The quantitative estimate of drug-likeness (QED) is 0.679. The van der Waals surface area contributed by atoms with Gasteiger partial charge in [-0.2, -0.15) is 4.98 Å². The monoisotopic (exact) mass is 257 g/mol. The third-order valence-corrected chi connectivity index (χ3v) is 3.88. The molecule has 0 atom stereocenters. The summed E-state index contributed by atoms with van der Waals surface area (Å²) in [6, 6.07) is 6.09. The van der Waals surface area contributed by atoms with Gasteiger partial charge in [-0.05, 0) is 24.1 Å². The second kappa shape index (κ2) is 4.03. The van der Waals surface area contributed by atoms with Crippen LogP contribution in [0.15, 0.2) is 29.2 Å². The van der Waals surface area contributed by atoms with Gasteiger partial charge in [0.1, 0.15) is 0 Å². The third kappa shape index (κ3) is 1.64. The fourth-order valence-electron chi connectivity index (χ4n) is 1.99. The van der Waals surface area contributed by atoms with Gasteiger partial charge in [-0.15, -0.1) is 0 Å². The summed E-state index contributed by atoms with van der Waals surface area (Å²) in [5, 5.41) is 1.81. The highest BCUT2D eigenvalue weighted by Gasteiger charge is 2.08. The summed E-state index contributed by atoms with van der Waals surface area (Å²) in [6.07, 6.45) is 2.52. The molecule has 0 aliphatic rings. The molecule has 4 nitrogen and oxygen atoms in total. The molecular formula is C13H11N3OS. The van der Waals surface area contributed by atoms with E-state index in [0.29, 0.717) is 10.5 Å². The number of nitrogens with two attached hydrogens (primary N) is 1. The van der Waals surface area contributed by atoms with Crippen molar-refractivity contribution in [3.05, 3.63) is 40.3 Å². The molecule has 2 aromatic heterocycles. The first-order chi connectivity index (χ1) is 8.69. The molecule has 0 bridgehead atoms. The lowest BCUT2D eigenvalue weighted by molar-refractivity contribution is 1.15. The fraction of sp³-hybridized carbons (Fsp3) is 0.154. The second-order valence-electron chi connectivity index (χ2n) is 4.06. The summed E-state index contributed by atoms with van der Waals surface area (Å²) in [6.45, 7) is 2.10. The van der Waals surface area contributed by atoms with Gasteiger partial charge in [0.15, 0.2) is 5.13 Å². The first kappa shape index (κ1) is 11.1. The Balaban J connectivity index is 2.54. The van der Waals surface area contributed by atoms with E-state index < -0.39 is 0 Å². The van der Waals surface area contributed by atoms with E-state index in [1.54, 1.807) is 6.20 Å². The number of aryl methyl sites for hydroxylation is 1. The number of fused-ring (bicyclic) bond motifs is 3. The maximum Gasteiger partial charge on any atom is 0.282 e. The van der Waals surface area contributed by atoms with Crippen LogP contribution in [0.5, 0.6) is 0 Å². The molecule has 0 unspecified atom stereocenters. The van der Waals surface area contributed by atoms with Gasteiger partial charge >= 0.3 is 0 Å². The lowest BCUT2D eigenvalue weighted by Gasteiger charge is -2.04. The number of rotatable bonds is 1. The molecule has 18 heavy (non-hydrogen) atoms. The minimum atomic E-state index is -0.308. The van der Waals surface area contributed by atoms with Crippen molar-refractivity contribution in [3.8, 4) is 0 Å². The Morgan fingerprint density at radius 3 is 2.94 bits per heavy atom. The van der Waals surface area contributed by atoms with E-state index in [4.69, 9.17) is 5.73 Å². The molecule has 0 radical (unpaired) electrons. The van der Waals surface area contributed by atoms with Gasteiger partial charge in [0.25, 0.3) is 5.56 Å². The molecule has 3 aromatic rings. The van der Waals surface area contributed by atoms with Crippen LogP contribution in [0.4, 0.5) is 5.13 Å². The van der Waals surface area contributed by atoms with E-state index in [1.807, 2.05) is 6.07 Å². The number of anilines is 1. The van der Waals surface area contributed by atoms with Gasteiger partial charge in [-0.25, -0.2) is 0 Å². The Hall–Kier alpha value is -2.01. The van der Waals surface area contributed by atoms with Crippen LogP contribution in [-0.4, -0.2) is 9.97 Å². The van der Waals surface area contributed by atoms with Crippen molar-refractivity contribution in [1.29, 1.82) is 0 Å². The topological polar surface area (TPSA) is 68.9 Å². The zero-order valence-corrected chi connectivity index (χ0v) is 10.6. The molecule has 1 aromatic carbocycles. The van der Waals surface area contributed by atoms with Crippen molar-refractivity contribution in [2.75, 3.05) is 5.73 Å². The number of benzene rings is 1. The predicted molar refractivity (Wildman–Crippen MR) is 75.0 cm³/mol. The van der Waals surface area contributed by atoms with Crippen LogP contribution in [0.3, 0.4) is 0 Å². The van der Waals surface area contributed by atoms with Crippen LogP contribution in [-0.2, 0) is 6.42 Å². The van der Waals surface area contributed by atoms with Crippen LogP contribution in [0.2, 0.25) is 0 Å². The Morgan fingerprint density at radius 2 is 2.17 bits per heavy atom. The first-order valence-corrected chi connectivity index (χ1v) is 6.48. The molecule has 0 amide bonds. The fourth-order valence-corrected chi connectivity index (χ4v) is 2.85. The summed E-state index contributed by atoms with van der Waals surface area (Å²) in [4.78, 5) is 19.8. The molecule has 0 fully saturated rings. The molecule has 0 aliphatic carbocycles. The number of hydrogen-bond acceptors (Lipinski definition) is 5. The van der Waals surface area contributed by atoms with Crippen molar-refractivity contribution >= 4 is 37.5 Å². The van der Waals surface area contributed by atoms with Crippen LogP contribution in [0, 0.1) is 0 Å². The molecule has 0 spiro atoms. The first-order valence-electron chi connectivity index (χ1n) is 5.67. The molecule has 0 saturated carbocycles. The lowest BCUT2D eigenvalue weighted by Crippen LogP contribution is -2.07. The number of pyridine rings is 1. The maximum atomic E-state index is 11.8. The number of nitrogen functional groups attached to an aromatic ring is 1. The minimum absolute atomic E-state index is 0.293. The van der Waals surface area contributed by atoms with E-state index in [-0.39, 0.29) is 5.56 Å². The molecule has 2 heterocycles. The van der Waals surface area contributed by atoms with E-state index in [1.165, 1.54) is 16.9 Å². The van der Waals surface area contributed by atoms with Gasteiger partial charge in [0.2, 0.25) is 0 Å². The zero-order valence-electron chi connectivity index (χ0n) is 9.80. The summed E-state index contributed by atoms with van der Waals surface area (Å²) in [5.41, 5.74) is 7.46. The van der Waals surface area contributed by atoms with Crippen LogP contribution in [0.1, 0.15) is 12.5 Å². The molecular weight excluding hydrogens is 246 g/mol. The van der Waals surface area contributed by atoms with Gasteiger partial charge in [0.05, 0.1) is 15.6 Å². The summed E-state index contributed by atoms with van der Waals surface area (Å²) in [7, 11) is 0. The average Bonchev–Trinajstić information content (AvgIpc) is 2.37. The Morgan fingerprint density at radius 1 is 1.33 bits per heavy atom. The number of aromatic nitrogens is 2. The molecule has 5 heteroatoms. The highest BCUT2D eigenvalue weighted by molar-refractivity contribution is 7.22. The normalized spacial score (nSPS) is 11.2.